The minimum absolute atomic E-state index is 0.0126. The van der Waals surface area contributed by atoms with Crippen molar-refractivity contribution in [3.8, 4) is 0 Å². The van der Waals surface area contributed by atoms with Crippen molar-refractivity contribution in [2.75, 3.05) is 0 Å². The fraction of sp³-hybridized carbons (Fsp3) is 0.529. The molecule has 1 amide bonds. The van der Waals surface area contributed by atoms with E-state index >= 15 is 0 Å². The largest absolute Gasteiger partial charge is 0.442 e. The number of amides is 1. The highest BCUT2D eigenvalue weighted by molar-refractivity contribution is 6.03. The summed E-state index contributed by atoms with van der Waals surface area (Å²) in [6.07, 6.45) is -6.52. The molecule has 0 radical (unpaired) electrons. The van der Waals surface area contributed by atoms with Gasteiger partial charge in [-0.1, -0.05) is 31.2 Å². The Morgan fingerprint density at radius 1 is 1.28 bits per heavy atom. The number of nitrogens with zero attached hydrogens (tertiary/aromatic N) is 2. The number of carbonyl (C=O) groups is 1. The maximum Gasteiger partial charge on any atom is 0.439 e. The van der Waals surface area contributed by atoms with Gasteiger partial charge in [0.05, 0.1) is 12.1 Å². The molecule has 1 heterocycles. The van der Waals surface area contributed by atoms with Gasteiger partial charge >= 0.3 is 12.3 Å². The molecule has 5 nitrogen and oxygen atoms in total. The highest BCUT2D eigenvalue weighted by Gasteiger charge is 2.64. The van der Waals surface area contributed by atoms with Gasteiger partial charge in [-0.15, -0.1) is 0 Å². The van der Waals surface area contributed by atoms with Gasteiger partial charge in [0.1, 0.15) is 5.60 Å². The molecule has 25 heavy (non-hydrogen) atoms. The van der Waals surface area contributed by atoms with Crippen LogP contribution in [0.4, 0.5) is 18.0 Å². The zero-order chi connectivity index (χ0) is 19.0. The number of rotatable bonds is 2. The Kier molecular flexibility index (Phi) is 4.87. The second-order valence-corrected chi connectivity index (χ2v) is 6.88. The molecule has 0 bridgehead atoms. The summed E-state index contributed by atoms with van der Waals surface area (Å²) in [6, 6.07) is 6.77. The van der Waals surface area contributed by atoms with E-state index in [0.29, 0.717) is 5.56 Å². The molecule has 1 aromatic rings. The quantitative estimate of drug-likeness (QED) is 0.874. The third-order valence-corrected chi connectivity index (χ3v) is 3.70. The molecule has 0 saturated heterocycles. The average Bonchev–Trinajstić information content (AvgIpc) is 2.85. The number of alkyl halides is 3. The number of benzene rings is 1. The molecule has 0 saturated carbocycles. The smallest absolute Gasteiger partial charge is 0.439 e. The van der Waals surface area contributed by atoms with E-state index in [2.05, 4.69) is 5.10 Å². The van der Waals surface area contributed by atoms with Crippen molar-refractivity contribution < 1.29 is 27.8 Å². The lowest BCUT2D eigenvalue weighted by atomic mass is 9.99. The van der Waals surface area contributed by atoms with Crippen LogP contribution in [0.1, 0.15) is 45.2 Å². The van der Waals surface area contributed by atoms with Gasteiger partial charge in [0.25, 0.3) is 5.72 Å². The third-order valence-electron chi connectivity index (χ3n) is 3.70. The number of hydrazone groups is 1. The van der Waals surface area contributed by atoms with Crippen molar-refractivity contribution in [2.24, 2.45) is 5.10 Å². The lowest BCUT2D eigenvalue weighted by Crippen LogP contribution is -2.57. The molecule has 0 aromatic heterocycles. The Balaban J connectivity index is 2.40. The Morgan fingerprint density at radius 2 is 1.84 bits per heavy atom. The molecule has 1 aliphatic heterocycles. The summed E-state index contributed by atoms with van der Waals surface area (Å²) in [5.41, 5.74) is -3.07. The molecular weight excluding hydrogens is 337 g/mol. The minimum Gasteiger partial charge on any atom is -0.442 e. The number of hydrogen-bond donors (Lipinski definition) is 1. The second-order valence-electron chi connectivity index (χ2n) is 6.88. The van der Waals surface area contributed by atoms with Crippen LogP contribution in [-0.4, -0.2) is 39.4 Å². The minimum atomic E-state index is -5.08. The fourth-order valence-electron chi connectivity index (χ4n) is 2.36. The van der Waals surface area contributed by atoms with E-state index in [4.69, 9.17) is 4.74 Å². The van der Waals surface area contributed by atoms with Gasteiger partial charge in [0, 0.05) is 0 Å². The first-order valence-corrected chi connectivity index (χ1v) is 7.86. The van der Waals surface area contributed by atoms with Crippen LogP contribution in [0.15, 0.2) is 29.4 Å². The van der Waals surface area contributed by atoms with Gasteiger partial charge in [0.2, 0.25) is 0 Å². The first-order valence-electron chi connectivity index (χ1n) is 7.86. The van der Waals surface area contributed by atoms with Crippen LogP contribution >= 0.6 is 0 Å². The van der Waals surface area contributed by atoms with Crippen molar-refractivity contribution >= 4 is 11.8 Å². The summed E-state index contributed by atoms with van der Waals surface area (Å²) in [6.45, 7) is 6.50. The van der Waals surface area contributed by atoms with Crippen LogP contribution in [0.3, 0.4) is 0 Å². The summed E-state index contributed by atoms with van der Waals surface area (Å²) in [5, 5.41) is 13.9. The molecule has 0 fully saturated rings. The van der Waals surface area contributed by atoms with Gasteiger partial charge < -0.3 is 9.84 Å². The summed E-state index contributed by atoms with van der Waals surface area (Å²) in [7, 11) is 0. The summed E-state index contributed by atoms with van der Waals surface area (Å²) < 4.78 is 45.2. The van der Waals surface area contributed by atoms with Gasteiger partial charge in [-0.05, 0) is 38.3 Å². The summed E-state index contributed by atoms with van der Waals surface area (Å²) in [4.78, 5) is 12.1. The Morgan fingerprint density at radius 3 is 2.28 bits per heavy atom. The standard InChI is InChI=1S/C17H21F3N2O3/c1-5-11-6-8-12(9-7-11)13-10-16(24,17(18,19)20)22(21-13)14(23)25-15(2,3)4/h6-9,24H,5,10H2,1-4H3/t16-/m0/s1. The molecule has 0 spiro atoms. The lowest BCUT2D eigenvalue weighted by Gasteiger charge is -2.33. The molecule has 0 aliphatic carbocycles. The third kappa shape index (κ3) is 3.95. The predicted octanol–water partition coefficient (Wildman–Crippen LogP) is 3.84. The van der Waals surface area contributed by atoms with E-state index in [-0.39, 0.29) is 10.7 Å². The second kappa shape index (κ2) is 6.33. The first kappa shape index (κ1) is 19.2. The Labute approximate surface area is 144 Å². The van der Waals surface area contributed by atoms with Gasteiger partial charge in [-0.2, -0.15) is 23.3 Å². The van der Waals surface area contributed by atoms with Gasteiger partial charge in [-0.25, -0.2) is 4.79 Å². The van der Waals surface area contributed by atoms with Crippen LogP contribution in [0, 0.1) is 0 Å². The van der Waals surface area contributed by atoms with E-state index < -0.39 is 30.0 Å². The van der Waals surface area contributed by atoms with Crippen LogP contribution in [0.5, 0.6) is 0 Å². The topological polar surface area (TPSA) is 62.1 Å². The summed E-state index contributed by atoms with van der Waals surface area (Å²) in [5.74, 6) is 0. The number of ether oxygens (including phenoxy) is 1. The monoisotopic (exact) mass is 358 g/mol. The SMILES string of the molecule is CCc1ccc(C2=NN(C(=O)OC(C)(C)C)[C@@](O)(C(F)(F)F)C2)cc1. The van der Waals surface area contributed by atoms with E-state index in [9.17, 15) is 23.1 Å². The molecule has 1 atom stereocenters. The van der Waals surface area contributed by atoms with Crippen molar-refractivity contribution in [2.45, 2.75) is 58.0 Å². The van der Waals surface area contributed by atoms with E-state index in [1.807, 2.05) is 6.92 Å². The molecule has 0 unspecified atom stereocenters. The van der Waals surface area contributed by atoms with Crippen LogP contribution in [0.25, 0.3) is 0 Å². The van der Waals surface area contributed by atoms with Gasteiger partial charge in [0.15, 0.2) is 0 Å². The van der Waals surface area contributed by atoms with Crippen molar-refractivity contribution in [3.05, 3.63) is 35.4 Å². The summed E-state index contributed by atoms with van der Waals surface area (Å²) >= 11 is 0. The van der Waals surface area contributed by atoms with E-state index in [0.717, 1.165) is 12.0 Å². The zero-order valence-corrected chi connectivity index (χ0v) is 14.5. The number of hydrogen-bond acceptors (Lipinski definition) is 4. The number of carbonyl (C=O) groups excluding carboxylic acids is 1. The molecule has 2 rings (SSSR count). The highest BCUT2D eigenvalue weighted by Crippen LogP contribution is 2.41. The lowest BCUT2D eigenvalue weighted by molar-refractivity contribution is -0.300. The predicted molar refractivity (Wildman–Crippen MR) is 86.1 cm³/mol. The normalized spacial score (nSPS) is 21.3. The molecule has 138 valence electrons. The first-order chi connectivity index (χ1) is 11.4. The highest BCUT2D eigenvalue weighted by atomic mass is 19.4. The number of aliphatic hydroxyl groups is 1. The molecule has 8 heteroatoms. The molecular formula is C17H21F3N2O3. The molecule has 1 aromatic carbocycles. The maximum atomic E-state index is 13.4. The zero-order valence-electron chi connectivity index (χ0n) is 14.5. The maximum absolute atomic E-state index is 13.4. The number of halogens is 3. The van der Waals surface area contributed by atoms with Crippen LogP contribution < -0.4 is 0 Å². The van der Waals surface area contributed by atoms with E-state index in [1.165, 1.54) is 20.8 Å². The van der Waals surface area contributed by atoms with Gasteiger partial charge in [-0.3, -0.25) is 0 Å². The molecule has 1 N–H and O–H groups in total. The molecule has 1 aliphatic rings. The fourth-order valence-corrected chi connectivity index (χ4v) is 2.36. The average molecular weight is 358 g/mol. The van der Waals surface area contributed by atoms with Crippen LogP contribution in [0.2, 0.25) is 0 Å². The number of aryl methyl sites for hydroxylation is 1. The van der Waals surface area contributed by atoms with Crippen molar-refractivity contribution in [3.63, 3.8) is 0 Å². The van der Waals surface area contributed by atoms with Crippen molar-refractivity contribution in [1.82, 2.24) is 5.01 Å². The van der Waals surface area contributed by atoms with E-state index in [1.54, 1.807) is 24.3 Å². The van der Waals surface area contributed by atoms with Crippen LogP contribution in [-0.2, 0) is 11.2 Å². The Hall–Kier alpha value is -2.09. The Bertz CT molecular complexity index is 678. The van der Waals surface area contributed by atoms with Crippen molar-refractivity contribution in [1.29, 1.82) is 0 Å².